The second-order valence-corrected chi connectivity index (χ2v) is 5.02. The van der Waals surface area contributed by atoms with E-state index < -0.39 is 0 Å². The number of carbonyl (C=O) groups is 1. The van der Waals surface area contributed by atoms with Crippen molar-refractivity contribution < 1.29 is 13.9 Å². The first-order valence-corrected chi connectivity index (χ1v) is 7.09. The van der Waals surface area contributed by atoms with Gasteiger partial charge in [-0.25, -0.2) is 0 Å². The van der Waals surface area contributed by atoms with Gasteiger partial charge in [-0.15, -0.1) is 0 Å². The monoisotopic (exact) mass is 287 g/mol. The van der Waals surface area contributed by atoms with Crippen LogP contribution in [0.2, 0.25) is 0 Å². The number of likely N-dealkylation sites (N-methyl/N-ethyl adjacent to an activating group) is 1. The third-order valence-corrected chi connectivity index (χ3v) is 3.20. The molecule has 0 spiro atoms. The molecule has 0 radical (unpaired) electrons. The summed E-state index contributed by atoms with van der Waals surface area (Å²) in [6, 6.07) is 11.4. The summed E-state index contributed by atoms with van der Waals surface area (Å²) < 4.78 is 10.9. The maximum Gasteiger partial charge on any atom is 0.227 e. The van der Waals surface area contributed by atoms with Crippen LogP contribution in [0.5, 0.6) is 5.75 Å². The Bertz CT molecular complexity index is 586. The minimum Gasteiger partial charge on any atom is -0.494 e. The molecule has 0 saturated carbocycles. The number of hydrogen-bond acceptors (Lipinski definition) is 3. The Morgan fingerprint density at radius 3 is 2.48 bits per heavy atom. The molecule has 21 heavy (non-hydrogen) atoms. The quantitative estimate of drug-likeness (QED) is 0.819. The maximum absolute atomic E-state index is 12.2. The van der Waals surface area contributed by atoms with E-state index in [4.69, 9.17) is 9.15 Å². The van der Waals surface area contributed by atoms with Crippen LogP contribution in [0.25, 0.3) is 0 Å². The van der Waals surface area contributed by atoms with E-state index in [0.717, 1.165) is 22.8 Å². The van der Waals surface area contributed by atoms with Gasteiger partial charge in [-0.1, -0.05) is 12.1 Å². The Kier molecular flexibility index (Phi) is 5.04. The topological polar surface area (TPSA) is 42.7 Å². The van der Waals surface area contributed by atoms with Crippen molar-refractivity contribution in [2.45, 2.75) is 26.8 Å². The SMILES string of the molecule is CCOc1ccc(CC(=O)N(C)Cc2ccc(C)o2)cc1. The standard InChI is InChI=1S/C17H21NO3/c1-4-20-15-9-6-14(7-10-15)11-17(19)18(3)12-16-8-5-13(2)21-16/h5-10H,4,11-12H2,1-3H3. The second kappa shape index (κ2) is 6.97. The fraction of sp³-hybridized carbons (Fsp3) is 0.353. The van der Waals surface area contributed by atoms with E-state index in [1.165, 1.54) is 0 Å². The van der Waals surface area contributed by atoms with Crippen LogP contribution in [0.4, 0.5) is 0 Å². The van der Waals surface area contributed by atoms with Crippen LogP contribution in [0, 0.1) is 6.92 Å². The maximum atomic E-state index is 12.2. The van der Waals surface area contributed by atoms with Crippen molar-refractivity contribution in [2.75, 3.05) is 13.7 Å². The van der Waals surface area contributed by atoms with Gasteiger partial charge in [0, 0.05) is 7.05 Å². The Morgan fingerprint density at radius 1 is 1.19 bits per heavy atom. The predicted octanol–water partition coefficient (Wildman–Crippen LogP) is 3.19. The molecule has 0 fully saturated rings. The number of amides is 1. The van der Waals surface area contributed by atoms with E-state index in [1.54, 1.807) is 11.9 Å². The lowest BCUT2D eigenvalue weighted by molar-refractivity contribution is -0.129. The van der Waals surface area contributed by atoms with E-state index in [1.807, 2.05) is 50.2 Å². The fourth-order valence-electron chi connectivity index (χ4n) is 2.07. The van der Waals surface area contributed by atoms with Crippen LogP contribution < -0.4 is 4.74 Å². The number of carbonyl (C=O) groups excluding carboxylic acids is 1. The molecule has 0 bridgehead atoms. The van der Waals surface area contributed by atoms with Gasteiger partial charge >= 0.3 is 0 Å². The summed E-state index contributed by atoms with van der Waals surface area (Å²) in [6.45, 7) is 4.97. The molecule has 0 unspecified atom stereocenters. The molecule has 0 aliphatic carbocycles. The molecule has 1 aromatic heterocycles. The summed E-state index contributed by atoms with van der Waals surface area (Å²) in [5, 5.41) is 0. The molecule has 0 atom stereocenters. The average molecular weight is 287 g/mol. The number of furan rings is 1. The van der Waals surface area contributed by atoms with E-state index in [-0.39, 0.29) is 5.91 Å². The largest absolute Gasteiger partial charge is 0.494 e. The van der Waals surface area contributed by atoms with Crippen molar-refractivity contribution in [3.8, 4) is 5.75 Å². The summed E-state index contributed by atoms with van der Waals surface area (Å²) in [5.74, 6) is 2.55. The molecule has 2 aromatic rings. The van der Waals surface area contributed by atoms with Crippen molar-refractivity contribution in [3.05, 3.63) is 53.5 Å². The number of rotatable bonds is 6. The molecule has 1 amide bonds. The third kappa shape index (κ3) is 4.38. The molecule has 1 aromatic carbocycles. The number of nitrogens with zero attached hydrogens (tertiary/aromatic N) is 1. The molecule has 0 saturated heterocycles. The minimum absolute atomic E-state index is 0.0632. The first-order valence-electron chi connectivity index (χ1n) is 7.09. The molecule has 0 aliphatic heterocycles. The Labute approximate surface area is 125 Å². The molecular formula is C17H21NO3. The van der Waals surface area contributed by atoms with Gasteiger partial charge in [0.2, 0.25) is 5.91 Å². The van der Waals surface area contributed by atoms with Crippen LogP contribution in [-0.2, 0) is 17.8 Å². The minimum atomic E-state index is 0.0632. The number of ether oxygens (including phenoxy) is 1. The van der Waals surface area contributed by atoms with Gasteiger partial charge in [-0.2, -0.15) is 0 Å². The van der Waals surface area contributed by atoms with E-state index >= 15 is 0 Å². The van der Waals surface area contributed by atoms with Gasteiger partial charge in [0.25, 0.3) is 0 Å². The highest BCUT2D eigenvalue weighted by atomic mass is 16.5. The zero-order valence-electron chi connectivity index (χ0n) is 12.8. The van der Waals surface area contributed by atoms with Crippen molar-refractivity contribution in [2.24, 2.45) is 0 Å². The van der Waals surface area contributed by atoms with Gasteiger partial charge in [-0.05, 0) is 43.7 Å². The molecule has 112 valence electrons. The van der Waals surface area contributed by atoms with Gasteiger partial charge in [0.05, 0.1) is 19.6 Å². The van der Waals surface area contributed by atoms with Gasteiger partial charge in [0.15, 0.2) is 0 Å². The molecule has 2 rings (SSSR count). The summed E-state index contributed by atoms with van der Waals surface area (Å²) in [5.41, 5.74) is 0.978. The van der Waals surface area contributed by atoms with Crippen molar-refractivity contribution in [3.63, 3.8) is 0 Å². The third-order valence-electron chi connectivity index (χ3n) is 3.20. The highest BCUT2D eigenvalue weighted by molar-refractivity contribution is 5.78. The fourth-order valence-corrected chi connectivity index (χ4v) is 2.07. The van der Waals surface area contributed by atoms with Crippen LogP contribution in [-0.4, -0.2) is 24.5 Å². The highest BCUT2D eigenvalue weighted by Crippen LogP contribution is 2.14. The van der Waals surface area contributed by atoms with Gasteiger partial charge in [0.1, 0.15) is 17.3 Å². The number of hydrogen-bond donors (Lipinski definition) is 0. The molecule has 4 heteroatoms. The number of benzene rings is 1. The van der Waals surface area contributed by atoms with Crippen LogP contribution >= 0.6 is 0 Å². The van der Waals surface area contributed by atoms with Gasteiger partial charge in [-0.3, -0.25) is 4.79 Å². The summed E-state index contributed by atoms with van der Waals surface area (Å²) in [7, 11) is 1.79. The summed E-state index contributed by atoms with van der Waals surface area (Å²) in [4.78, 5) is 13.9. The van der Waals surface area contributed by atoms with Gasteiger partial charge < -0.3 is 14.1 Å². The summed E-state index contributed by atoms with van der Waals surface area (Å²) >= 11 is 0. The number of aryl methyl sites for hydroxylation is 1. The van der Waals surface area contributed by atoms with Crippen molar-refractivity contribution in [1.29, 1.82) is 0 Å². The lowest BCUT2D eigenvalue weighted by Crippen LogP contribution is -2.27. The molecule has 0 N–H and O–H groups in total. The zero-order valence-corrected chi connectivity index (χ0v) is 12.8. The molecule has 4 nitrogen and oxygen atoms in total. The van der Waals surface area contributed by atoms with Crippen LogP contribution in [0.3, 0.4) is 0 Å². The van der Waals surface area contributed by atoms with E-state index in [0.29, 0.717) is 19.6 Å². The highest BCUT2D eigenvalue weighted by Gasteiger charge is 2.12. The lowest BCUT2D eigenvalue weighted by Gasteiger charge is -2.16. The normalized spacial score (nSPS) is 10.4. The molecule has 1 heterocycles. The Morgan fingerprint density at radius 2 is 1.90 bits per heavy atom. The Hall–Kier alpha value is -2.23. The lowest BCUT2D eigenvalue weighted by atomic mass is 10.1. The first kappa shape index (κ1) is 15.2. The zero-order chi connectivity index (χ0) is 15.2. The smallest absolute Gasteiger partial charge is 0.227 e. The summed E-state index contributed by atoms with van der Waals surface area (Å²) in [6.07, 6.45) is 0.378. The molecule has 0 aliphatic rings. The van der Waals surface area contributed by atoms with Crippen molar-refractivity contribution >= 4 is 5.91 Å². The average Bonchev–Trinajstić information content (AvgIpc) is 2.86. The van der Waals surface area contributed by atoms with Crippen molar-refractivity contribution in [1.82, 2.24) is 4.90 Å². The Balaban J connectivity index is 1.90. The second-order valence-electron chi connectivity index (χ2n) is 5.02. The molecular weight excluding hydrogens is 266 g/mol. The predicted molar refractivity (Wildman–Crippen MR) is 81.2 cm³/mol. The van der Waals surface area contributed by atoms with Crippen LogP contribution in [0.1, 0.15) is 24.0 Å². The first-order chi connectivity index (χ1) is 10.1. The van der Waals surface area contributed by atoms with E-state index in [9.17, 15) is 4.79 Å². The van der Waals surface area contributed by atoms with E-state index in [2.05, 4.69) is 0 Å². The van der Waals surface area contributed by atoms with Crippen LogP contribution in [0.15, 0.2) is 40.8 Å².